The number of esters is 1. The Bertz CT molecular complexity index is 975. The second-order valence-corrected chi connectivity index (χ2v) is 6.07. The number of rotatable bonds is 5. The molecule has 0 radical (unpaired) electrons. The Balaban J connectivity index is 2.11. The van der Waals surface area contributed by atoms with Crippen molar-refractivity contribution in [2.24, 2.45) is 0 Å². The smallest absolute Gasteiger partial charge is 0.345 e. The molecule has 0 bridgehead atoms. The van der Waals surface area contributed by atoms with E-state index in [0.29, 0.717) is 28.0 Å². The fourth-order valence-electron chi connectivity index (χ4n) is 2.62. The summed E-state index contributed by atoms with van der Waals surface area (Å²) in [7, 11) is 0. The van der Waals surface area contributed by atoms with Gasteiger partial charge in [-0.25, -0.2) is 9.59 Å². The Kier molecular flexibility index (Phi) is 5.19. The first kappa shape index (κ1) is 17.2. The first-order chi connectivity index (χ1) is 12.1. The molecule has 0 amide bonds. The van der Waals surface area contributed by atoms with Crippen LogP contribution in [0.4, 0.5) is 0 Å². The summed E-state index contributed by atoms with van der Waals surface area (Å²) in [6, 6.07) is 13.7. The molecule has 0 aliphatic heterocycles. The van der Waals surface area contributed by atoms with Gasteiger partial charge in [-0.05, 0) is 37.1 Å². The maximum atomic E-state index is 12.6. The molecule has 4 nitrogen and oxygen atoms in total. The van der Waals surface area contributed by atoms with Crippen LogP contribution in [0.5, 0.6) is 5.75 Å². The lowest BCUT2D eigenvalue weighted by Gasteiger charge is -2.12. The molecule has 0 aliphatic rings. The maximum Gasteiger partial charge on any atom is 0.345 e. The first-order valence-corrected chi connectivity index (χ1v) is 8.51. The van der Waals surface area contributed by atoms with Gasteiger partial charge in [0.15, 0.2) is 5.75 Å². The predicted octanol–water partition coefficient (Wildman–Crippen LogP) is 5.01. The van der Waals surface area contributed by atoms with Crippen LogP contribution in [0.2, 0.25) is 5.02 Å². The number of para-hydroxylation sites is 1. The molecular weight excluding hydrogens is 340 g/mol. The third-order valence-electron chi connectivity index (χ3n) is 3.92. The van der Waals surface area contributed by atoms with Crippen molar-refractivity contribution in [3.63, 3.8) is 0 Å². The lowest BCUT2D eigenvalue weighted by atomic mass is 10.1. The second-order valence-electron chi connectivity index (χ2n) is 5.67. The normalized spacial score (nSPS) is 10.8. The van der Waals surface area contributed by atoms with Crippen molar-refractivity contribution in [2.75, 3.05) is 0 Å². The van der Waals surface area contributed by atoms with E-state index in [1.807, 2.05) is 6.92 Å². The van der Waals surface area contributed by atoms with Gasteiger partial charge < -0.3 is 9.15 Å². The standard InChI is InChI=1S/C20H17ClO4/c1-2-3-8-15-18(14-10-5-7-12-17(14)24-20(15)23)25-19(22)13-9-4-6-11-16(13)21/h4-7,9-12H,2-3,8H2,1H3. The summed E-state index contributed by atoms with van der Waals surface area (Å²) in [5, 5.41) is 0.892. The van der Waals surface area contributed by atoms with Gasteiger partial charge >= 0.3 is 11.6 Å². The Hall–Kier alpha value is -2.59. The molecule has 5 heteroatoms. The molecule has 3 aromatic rings. The number of unbranched alkanes of at least 4 members (excludes halogenated alkanes) is 1. The summed E-state index contributed by atoms with van der Waals surface area (Å²) >= 11 is 6.08. The fourth-order valence-corrected chi connectivity index (χ4v) is 2.83. The number of ether oxygens (including phenoxy) is 1. The van der Waals surface area contributed by atoms with E-state index >= 15 is 0 Å². The largest absolute Gasteiger partial charge is 0.422 e. The number of benzene rings is 2. The van der Waals surface area contributed by atoms with Crippen molar-refractivity contribution >= 4 is 28.5 Å². The van der Waals surface area contributed by atoms with Crippen molar-refractivity contribution in [1.29, 1.82) is 0 Å². The van der Waals surface area contributed by atoms with Gasteiger partial charge in [0.1, 0.15) is 5.58 Å². The quantitative estimate of drug-likeness (QED) is 0.476. The van der Waals surface area contributed by atoms with E-state index in [1.165, 1.54) is 0 Å². The molecule has 0 aliphatic carbocycles. The summed E-state index contributed by atoms with van der Waals surface area (Å²) in [5.74, 6) is -0.343. The van der Waals surface area contributed by atoms with Gasteiger partial charge in [-0.15, -0.1) is 0 Å². The van der Waals surface area contributed by atoms with Gasteiger partial charge in [0.05, 0.1) is 21.5 Å². The number of carbonyl (C=O) groups is 1. The van der Waals surface area contributed by atoms with Gasteiger partial charge in [-0.2, -0.15) is 0 Å². The summed E-state index contributed by atoms with van der Waals surface area (Å²) in [6.45, 7) is 2.03. The highest BCUT2D eigenvalue weighted by atomic mass is 35.5. The number of hydrogen-bond donors (Lipinski definition) is 0. The van der Waals surface area contributed by atoms with Crippen LogP contribution in [0.15, 0.2) is 57.7 Å². The van der Waals surface area contributed by atoms with Crippen LogP contribution in [0.1, 0.15) is 35.7 Å². The molecule has 0 saturated heterocycles. The molecule has 0 atom stereocenters. The second kappa shape index (κ2) is 7.53. The lowest BCUT2D eigenvalue weighted by molar-refractivity contribution is 0.0735. The topological polar surface area (TPSA) is 56.5 Å². The van der Waals surface area contributed by atoms with Gasteiger partial charge in [-0.3, -0.25) is 0 Å². The molecule has 0 spiro atoms. The third-order valence-corrected chi connectivity index (χ3v) is 4.25. The van der Waals surface area contributed by atoms with Crippen molar-refractivity contribution in [2.45, 2.75) is 26.2 Å². The number of halogens is 1. The monoisotopic (exact) mass is 356 g/mol. The van der Waals surface area contributed by atoms with Crippen molar-refractivity contribution < 1.29 is 13.9 Å². The first-order valence-electron chi connectivity index (χ1n) is 8.13. The molecule has 0 unspecified atom stereocenters. The minimum absolute atomic E-state index is 0.253. The van der Waals surface area contributed by atoms with Gasteiger partial charge in [0.25, 0.3) is 0 Å². The van der Waals surface area contributed by atoms with Crippen LogP contribution in [0, 0.1) is 0 Å². The van der Waals surface area contributed by atoms with E-state index in [9.17, 15) is 9.59 Å². The number of carbonyl (C=O) groups excluding carboxylic acids is 1. The number of fused-ring (bicyclic) bond motifs is 1. The van der Waals surface area contributed by atoms with E-state index < -0.39 is 11.6 Å². The van der Waals surface area contributed by atoms with Crippen molar-refractivity contribution in [3.05, 3.63) is 75.1 Å². The molecule has 2 aromatic carbocycles. The molecule has 3 rings (SSSR count). The molecule has 25 heavy (non-hydrogen) atoms. The van der Waals surface area contributed by atoms with Gasteiger partial charge in [0.2, 0.25) is 0 Å². The Morgan fingerprint density at radius 3 is 2.60 bits per heavy atom. The Morgan fingerprint density at radius 2 is 1.84 bits per heavy atom. The van der Waals surface area contributed by atoms with E-state index in [1.54, 1.807) is 48.5 Å². The van der Waals surface area contributed by atoms with Gasteiger partial charge in [-0.1, -0.05) is 49.2 Å². The zero-order valence-corrected chi connectivity index (χ0v) is 14.5. The minimum Gasteiger partial charge on any atom is -0.422 e. The SMILES string of the molecule is CCCCc1c(OC(=O)c2ccccc2Cl)c2ccccc2oc1=O. The Morgan fingerprint density at radius 1 is 1.12 bits per heavy atom. The van der Waals surface area contributed by atoms with Crippen LogP contribution in [0.25, 0.3) is 11.0 Å². The summed E-state index contributed by atoms with van der Waals surface area (Å²) in [5.41, 5.74) is 0.535. The fraction of sp³-hybridized carbons (Fsp3) is 0.200. The van der Waals surface area contributed by atoms with Crippen LogP contribution in [-0.4, -0.2) is 5.97 Å². The highest BCUT2D eigenvalue weighted by Gasteiger charge is 2.20. The zero-order valence-electron chi connectivity index (χ0n) is 13.8. The average Bonchev–Trinajstić information content (AvgIpc) is 2.61. The number of hydrogen-bond acceptors (Lipinski definition) is 4. The molecule has 0 saturated carbocycles. The lowest BCUT2D eigenvalue weighted by Crippen LogP contribution is -2.16. The molecular formula is C20H17ClO4. The van der Waals surface area contributed by atoms with E-state index in [0.717, 1.165) is 12.8 Å². The minimum atomic E-state index is -0.598. The van der Waals surface area contributed by atoms with Crippen LogP contribution in [-0.2, 0) is 6.42 Å². The summed E-state index contributed by atoms with van der Waals surface area (Å²) in [4.78, 5) is 24.9. The molecule has 0 fully saturated rings. The van der Waals surface area contributed by atoms with Gasteiger partial charge in [0, 0.05) is 0 Å². The predicted molar refractivity (Wildman–Crippen MR) is 97.5 cm³/mol. The maximum absolute atomic E-state index is 12.6. The molecule has 1 heterocycles. The summed E-state index contributed by atoms with van der Waals surface area (Å²) < 4.78 is 11.0. The molecule has 0 N–H and O–H groups in total. The van der Waals surface area contributed by atoms with E-state index in [-0.39, 0.29) is 11.3 Å². The van der Waals surface area contributed by atoms with E-state index in [4.69, 9.17) is 20.8 Å². The Labute approximate surface area is 150 Å². The van der Waals surface area contributed by atoms with E-state index in [2.05, 4.69) is 0 Å². The van der Waals surface area contributed by atoms with Crippen LogP contribution < -0.4 is 10.4 Å². The van der Waals surface area contributed by atoms with Crippen molar-refractivity contribution in [1.82, 2.24) is 0 Å². The third kappa shape index (κ3) is 3.59. The summed E-state index contributed by atoms with van der Waals surface area (Å²) in [6.07, 6.45) is 2.18. The zero-order chi connectivity index (χ0) is 17.8. The highest BCUT2D eigenvalue weighted by Crippen LogP contribution is 2.30. The average molecular weight is 357 g/mol. The van der Waals surface area contributed by atoms with Crippen LogP contribution >= 0.6 is 11.6 Å². The van der Waals surface area contributed by atoms with Crippen molar-refractivity contribution in [3.8, 4) is 5.75 Å². The molecule has 128 valence electrons. The highest BCUT2D eigenvalue weighted by molar-refractivity contribution is 6.33. The van der Waals surface area contributed by atoms with Crippen LogP contribution in [0.3, 0.4) is 0 Å². The molecule has 1 aromatic heterocycles.